The lowest BCUT2D eigenvalue weighted by Gasteiger charge is -2.00. The molecule has 0 aliphatic rings. The highest BCUT2D eigenvalue weighted by Crippen LogP contribution is 2.10. The summed E-state index contributed by atoms with van der Waals surface area (Å²) in [5.74, 6) is -1.33. The third-order valence-electron chi connectivity index (χ3n) is 1.86. The SMILES string of the molecule is N#C/C(=N/OCC(=O)c1ccc(Br)cc1)C(N)=O. The monoisotopic (exact) mass is 309 g/mol. The van der Waals surface area contributed by atoms with Gasteiger partial charge in [-0.1, -0.05) is 33.2 Å². The van der Waals surface area contributed by atoms with E-state index in [0.717, 1.165) is 4.47 Å². The quantitative estimate of drug-likeness (QED) is 0.497. The van der Waals surface area contributed by atoms with Crippen molar-refractivity contribution < 1.29 is 14.4 Å². The molecule has 18 heavy (non-hydrogen) atoms. The molecular weight excluding hydrogens is 302 g/mol. The van der Waals surface area contributed by atoms with Crippen molar-refractivity contribution in [3.63, 3.8) is 0 Å². The van der Waals surface area contributed by atoms with Crippen molar-refractivity contribution >= 4 is 33.3 Å². The van der Waals surface area contributed by atoms with Gasteiger partial charge in [-0.2, -0.15) is 5.26 Å². The Kier molecular flexibility index (Phi) is 5.02. The fraction of sp³-hybridized carbons (Fsp3) is 0.0909. The van der Waals surface area contributed by atoms with E-state index in [-0.39, 0.29) is 12.4 Å². The van der Waals surface area contributed by atoms with Crippen LogP contribution in [0.4, 0.5) is 0 Å². The van der Waals surface area contributed by atoms with Crippen LogP contribution in [-0.4, -0.2) is 24.0 Å². The topological polar surface area (TPSA) is 106 Å². The van der Waals surface area contributed by atoms with E-state index in [9.17, 15) is 9.59 Å². The molecule has 0 spiro atoms. The number of nitrogens with two attached hydrogens (primary N) is 1. The molecule has 1 aromatic rings. The highest BCUT2D eigenvalue weighted by molar-refractivity contribution is 9.10. The zero-order valence-corrected chi connectivity index (χ0v) is 10.7. The number of Topliss-reactive ketones (excluding diaryl/α,β-unsaturated/α-hetero) is 1. The molecule has 2 N–H and O–H groups in total. The summed E-state index contributed by atoms with van der Waals surface area (Å²) in [4.78, 5) is 26.8. The normalized spacial score (nSPS) is 10.6. The van der Waals surface area contributed by atoms with E-state index in [1.165, 1.54) is 6.07 Å². The van der Waals surface area contributed by atoms with Crippen LogP contribution in [0.3, 0.4) is 0 Å². The lowest BCUT2D eigenvalue weighted by molar-refractivity contribution is -0.112. The number of oxime groups is 1. The molecule has 0 saturated carbocycles. The second-order valence-electron chi connectivity index (χ2n) is 3.12. The first kappa shape index (κ1) is 13.9. The number of amides is 1. The van der Waals surface area contributed by atoms with Gasteiger partial charge in [0.1, 0.15) is 6.07 Å². The van der Waals surface area contributed by atoms with E-state index >= 15 is 0 Å². The molecule has 0 saturated heterocycles. The summed E-state index contributed by atoms with van der Waals surface area (Å²) in [7, 11) is 0. The van der Waals surface area contributed by atoms with Gasteiger partial charge in [0.15, 0.2) is 6.61 Å². The number of ketones is 1. The minimum atomic E-state index is -1.01. The van der Waals surface area contributed by atoms with Crippen molar-refractivity contribution in [2.24, 2.45) is 10.9 Å². The van der Waals surface area contributed by atoms with Crippen LogP contribution in [-0.2, 0) is 9.63 Å². The molecule has 1 aromatic carbocycles. The van der Waals surface area contributed by atoms with Gasteiger partial charge in [-0.3, -0.25) is 9.59 Å². The number of carbonyl (C=O) groups excluding carboxylic acids is 2. The molecule has 0 aliphatic heterocycles. The fourth-order valence-corrected chi connectivity index (χ4v) is 1.26. The summed E-state index contributed by atoms with van der Waals surface area (Å²) >= 11 is 3.24. The number of rotatable bonds is 5. The number of benzene rings is 1. The van der Waals surface area contributed by atoms with Crippen LogP contribution in [0.2, 0.25) is 0 Å². The molecule has 0 aromatic heterocycles. The predicted molar refractivity (Wildman–Crippen MR) is 66.7 cm³/mol. The van der Waals surface area contributed by atoms with Gasteiger partial charge in [0, 0.05) is 10.0 Å². The molecule has 0 aliphatic carbocycles. The second kappa shape index (κ2) is 6.51. The number of nitriles is 1. The van der Waals surface area contributed by atoms with Crippen molar-refractivity contribution in [3.05, 3.63) is 34.3 Å². The third kappa shape index (κ3) is 3.99. The largest absolute Gasteiger partial charge is 0.386 e. The molecule has 0 unspecified atom stereocenters. The number of hydrogen-bond acceptors (Lipinski definition) is 5. The summed E-state index contributed by atoms with van der Waals surface area (Å²) in [6.07, 6.45) is 0. The van der Waals surface area contributed by atoms with Gasteiger partial charge in [-0.25, -0.2) is 0 Å². The standard InChI is InChI=1S/C11H8BrN3O3/c12-8-3-1-7(2-4-8)10(16)6-18-15-9(5-13)11(14)17/h1-4H,6H2,(H2,14,17)/b15-9-. The summed E-state index contributed by atoms with van der Waals surface area (Å²) in [5, 5.41) is 11.6. The van der Waals surface area contributed by atoms with E-state index in [2.05, 4.69) is 25.9 Å². The number of halogens is 1. The second-order valence-corrected chi connectivity index (χ2v) is 4.04. The summed E-state index contributed by atoms with van der Waals surface area (Å²) in [6.45, 7) is -0.375. The third-order valence-corrected chi connectivity index (χ3v) is 2.39. The number of hydrogen-bond donors (Lipinski definition) is 1. The Morgan fingerprint density at radius 3 is 2.50 bits per heavy atom. The molecule has 0 heterocycles. The minimum absolute atomic E-state index is 0.326. The van der Waals surface area contributed by atoms with Crippen molar-refractivity contribution in [1.29, 1.82) is 5.26 Å². The first-order valence-corrected chi connectivity index (χ1v) is 5.52. The Labute approximate surface area is 111 Å². The Balaban J connectivity index is 2.60. The van der Waals surface area contributed by atoms with Crippen LogP contribution in [0.15, 0.2) is 33.9 Å². The molecule has 0 radical (unpaired) electrons. The average molecular weight is 310 g/mol. The molecule has 1 amide bonds. The van der Waals surface area contributed by atoms with Gasteiger partial charge < -0.3 is 10.6 Å². The smallest absolute Gasteiger partial charge is 0.281 e. The Hall–Kier alpha value is -2.20. The maximum absolute atomic E-state index is 11.6. The minimum Gasteiger partial charge on any atom is -0.386 e. The van der Waals surface area contributed by atoms with Gasteiger partial charge in [-0.05, 0) is 12.1 Å². The molecule has 0 atom stereocenters. The van der Waals surface area contributed by atoms with E-state index in [4.69, 9.17) is 11.0 Å². The van der Waals surface area contributed by atoms with Crippen LogP contribution in [0.1, 0.15) is 10.4 Å². The maximum Gasteiger partial charge on any atom is 0.281 e. The lowest BCUT2D eigenvalue weighted by atomic mass is 10.1. The zero-order chi connectivity index (χ0) is 13.5. The maximum atomic E-state index is 11.6. The van der Waals surface area contributed by atoms with E-state index < -0.39 is 11.6 Å². The van der Waals surface area contributed by atoms with Crippen LogP contribution in [0.5, 0.6) is 0 Å². The average Bonchev–Trinajstić information content (AvgIpc) is 2.34. The molecule has 6 nitrogen and oxygen atoms in total. The molecule has 1 rings (SSSR count). The number of nitrogens with zero attached hydrogens (tertiary/aromatic N) is 2. The van der Waals surface area contributed by atoms with Gasteiger partial charge in [-0.15, -0.1) is 0 Å². The van der Waals surface area contributed by atoms with Gasteiger partial charge in [0.05, 0.1) is 0 Å². The van der Waals surface area contributed by atoms with Crippen LogP contribution >= 0.6 is 15.9 Å². The van der Waals surface area contributed by atoms with Crippen molar-refractivity contribution in [2.45, 2.75) is 0 Å². The highest BCUT2D eigenvalue weighted by Gasteiger charge is 2.09. The Morgan fingerprint density at radius 1 is 1.39 bits per heavy atom. The van der Waals surface area contributed by atoms with Crippen molar-refractivity contribution in [2.75, 3.05) is 6.61 Å². The number of primary amides is 1. The van der Waals surface area contributed by atoms with E-state index in [1.54, 1.807) is 24.3 Å². The fourth-order valence-electron chi connectivity index (χ4n) is 0.995. The van der Waals surface area contributed by atoms with Crippen LogP contribution < -0.4 is 5.73 Å². The van der Waals surface area contributed by atoms with Gasteiger partial charge in [0.2, 0.25) is 11.5 Å². The predicted octanol–water partition coefficient (Wildman–Crippen LogP) is 1.01. The van der Waals surface area contributed by atoms with E-state index in [1.807, 2.05) is 0 Å². The van der Waals surface area contributed by atoms with E-state index in [0.29, 0.717) is 5.56 Å². The molecular formula is C11H8BrN3O3. The highest BCUT2D eigenvalue weighted by atomic mass is 79.9. The van der Waals surface area contributed by atoms with Crippen LogP contribution in [0.25, 0.3) is 0 Å². The van der Waals surface area contributed by atoms with Crippen LogP contribution in [0, 0.1) is 11.3 Å². The van der Waals surface area contributed by atoms with Crippen molar-refractivity contribution in [1.82, 2.24) is 0 Å². The molecule has 0 bridgehead atoms. The summed E-state index contributed by atoms with van der Waals surface area (Å²) in [5.41, 5.74) is 4.68. The van der Waals surface area contributed by atoms with Gasteiger partial charge >= 0.3 is 0 Å². The summed E-state index contributed by atoms with van der Waals surface area (Å²) in [6, 6.07) is 8.09. The lowest BCUT2D eigenvalue weighted by Crippen LogP contribution is -2.22. The summed E-state index contributed by atoms with van der Waals surface area (Å²) < 4.78 is 0.846. The van der Waals surface area contributed by atoms with Gasteiger partial charge in [0.25, 0.3) is 5.91 Å². The molecule has 7 heteroatoms. The number of carbonyl (C=O) groups is 2. The zero-order valence-electron chi connectivity index (χ0n) is 9.09. The molecule has 92 valence electrons. The van der Waals surface area contributed by atoms with Crippen molar-refractivity contribution in [3.8, 4) is 6.07 Å². The first-order chi connectivity index (χ1) is 8.54. The Morgan fingerprint density at radius 2 is 2.00 bits per heavy atom. The molecule has 0 fully saturated rings. The first-order valence-electron chi connectivity index (χ1n) is 4.73. The Bertz CT molecular complexity index is 531.